The summed E-state index contributed by atoms with van der Waals surface area (Å²) < 4.78 is 5.35. The van der Waals surface area contributed by atoms with Crippen LogP contribution in [0.5, 0.6) is 0 Å². The molecule has 1 saturated heterocycles. The number of nitrogens with one attached hydrogen (secondary N) is 1. The van der Waals surface area contributed by atoms with E-state index in [1.807, 2.05) is 30.3 Å². The van der Waals surface area contributed by atoms with Crippen LogP contribution in [0.15, 0.2) is 54.4 Å². The van der Waals surface area contributed by atoms with Crippen LogP contribution in [0.4, 0.5) is 11.4 Å². The maximum absolute atomic E-state index is 12.3. The topological polar surface area (TPSA) is 78.2 Å². The second-order valence-corrected chi connectivity index (χ2v) is 5.55. The van der Waals surface area contributed by atoms with Crippen molar-refractivity contribution in [2.45, 2.75) is 0 Å². The van der Waals surface area contributed by atoms with Gasteiger partial charge >= 0.3 is 0 Å². The maximum Gasteiger partial charge on any atom is 0.266 e. The number of amides is 1. The lowest BCUT2D eigenvalue weighted by molar-refractivity contribution is -0.112. The summed E-state index contributed by atoms with van der Waals surface area (Å²) in [6.45, 7) is 3.17. The van der Waals surface area contributed by atoms with Crippen molar-refractivity contribution in [2.75, 3.05) is 36.5 Å². The molecule has 6 nitrogen and oxygen atoms in total. The van der Waals surface area contributed by atoms with Crippen LogP contribution in [-0.2, 0) is 9.53 Å². The van der Waals surface area contributed by atoms with E-state index in [-0.39, 0.29) is 5.57 Å². The number of carbonyl (C=O) groups excluding carboxylic acids is 1. The zero-order chi connectivity index (χ0) is 17.5. The van der Waals surface area contributed by atoms with E-state index in [4.69, 9.17) is 4.74 Å². The molecule has 1 aliphatic heterocycles. The van der Waals surface area contributed by atoms with E-state index in [1.54, 1.807) is 30.6 Å². The van der Waals surface area contributed by atoms with Crippen molar-refractivity contribution in [2.24, 2.45) is 0 Å². The Bertz CT molecular complexity index is 788. The summed E-state index contributed by atoms with van der Waals surface area (Å²) in [6.07, 6.45) is 4.77. The number of anilines is 2. The molecule has 0 atom stereocenters. The second-order valence-electron chi connectivity index (χ2n) is 5.55. The van der Waals surface area contributed by atoms with Crippen LogP contribution in [0, 0.1) is 11.3 Å². The fraction of sp³-hybridized carbons (Fsp3) is 0.211. The Hall–Kier alpha value is -3.17. The molecule has 2 aromatic rings. The summed E-state index contributed by atoms with van der Waals surface area (Å²) in [6, 6.07) is 13.0. The minimum absolute atomic E-state index is 0.0449. The van der Waals surface area contributed by atoms with Crippen molar-refractivity contribution in [1.82, 2.24) is 4.98 Å². The number of pyridine rings is 1. The van der Waals surface area contributed by atoms with Crippen LogP contribution < -0.4 is 10.2 Å². The predicted molar refractivity (Wildman–Crippen MR) is 95.9 cm³/mol. The third-order valence-electron chi connectivity index (χ3n) is 3.88. The number of morpholine rings is 1. The fourth-order valence-corrected chi connectivity index (χ4v) is 2.55. The molecular weight excluding hydrogens is 316 g/mol. The van der Waals surface area contributed by atoms with Gasteiger partial charge in [-0.2, -0.15) is 5.26 Å². The number of hydrogen-bond acceptors (Lipinski definition) is 5. The summed E-state index contributed by atoms with van der Waals surface area (Å²) in [5.41, 5.74) is 2.54. The van der Waals surface area contributed by atoms with Crippen molar-refractivity contribution < 1.29 is 9.53 Å². The van der Waals surface area contributed by atoms with Crippen LogP contribution in [0.3, 0.4) is 0 Å². The van der Waals surface area contributed by atoms with Gasteiger partial charge < -0.3 is 15.0 Å². The first kappa shape index (κ1) is 16.7. The molecule has 0 saturated carbocycles. The molecular formula is C19H18N4O2. The van der Waals surface area contributed by atoms with Gasteiger partial charge in [0.1, 0.15) is 11.6 Å². The van der Waals surface area contributed by atoms with E-state index in [9.17, 15) is 10.1 Å². The maximum atomic E-state index is 12.3. The van der Waals surface area contributed by atoms with Gasteiger partial charge in [0.25, 0.3) is 5.91 Å². The number of benzene rings is 1. The summed E-state index contributed by atoms with van der Waals surface area (Å²) in [7, 11) is 0. The lowest BCUT2D eigenvalue weighted by atomic mass is 10.1. The summed E-state index contributed by atoms with van der Waals surface area (Å²) in [5, 5.41) is 12.0. The Kier molecular flexibility index (Phi) is 5.39. The van der Waals surface area contributed by atoms with Crippen LogP contribution in [0.25, 0.3) is 6.08 Å². The largest absolute Gasteiger partial charge is 0.378 e. The molecule has 0 radical (unpaired) electrons. The standard InChI is InChI=1S/C19H18N4O2/c20-14-16(13-15-5-7-21-8-6-15)19(24)22-17-1-3-18(4-2-17)23-9-11-25-12-10-23/h1-8,13H,9-12H2,(H,22,24)/b16-13+. The van der Waals surface area contributed by atoms with Gasteiger partial charge in [0, 0.05) is 36.9 Å². The molecule has 1 amide bonds. The van der Waals surface area contributed by atoms with Crippen LogP contribution in [0.1, 0.15) is 5.56 Å². The van der Waals surface area contributed by atoms with Crippen molar-refractivity contribution in [1.29, 1.82) is 5.26 Å². The minimum Gasteiger partial charge on any atom is -0.378 e. The number of aromatic nitrogens is 1. The fourth-order valence-electron chi connectivity index (χ4n) is 2.55. The first-order chi connectivity index (χ1) is 12.3. The van der Waals surface area contributed by atoms with Crippen LogP contribution >= 0.6 is 0 Å². The van der Waals surface area contributed by atoms with Gasteiger partial charge in [0.2, 0.25) is 0 Å². The molecule has 0 unspecified atom stereocenters. The zero-order valence-electron chi connectivity index (χ0n) is 13.7. The molecule has 1 fully saturated rings. The molecule has 0 spiro atoms. The van der Waals surface area contributed by atoms with Gasteiger partial charge in [-0.3, -0.25) is 9.78 Å². The van der Waals surface area contributed by atoms with Crippen molar-refractivity contribution in [3.05, 3.63) is 59.9 Å². The number of hydrogen-bond donors (Lipinski definition) is 1. The summed E-state index contributed by atoms with van der Waals surface area (Å²) >= 11 is 0. The number of carbonyl (C=O) groups is 1. The number of ether oxygens (including phenoxy) is 1. The van der Waals surface area contributed by atoms with Crippen LogP contribution in [0.2, 0.25) is 0 Å². The van der Waals surface area contributed by atoms with Gasteiger partial charge in [-0.1, -0.05) is 0 Å². The Balaban J connectivity index is 1.67. The van der Waals surface area contributed by atoms with E-state index in [0.717, 1.165) is 37.6 Å². The van der Waals surface area contributed by atoms with E-state index in [1.165, 1.54) is 0 Å². The normalized spacial score (nSPS) is 14.7. The highest BCUT2D eigenvalue weighted by atomic mass is 16.5. The lowest BCUT2D eigenvalue weighted by Crippen LogP contribution is -2.36. The SMILES string of the molecule is N#C/C(=C\c1ccncc1)C(=O)Nc1ccc(N2CCOCC2)cc1. The van der Waals surface area contributed by atoms with Gasteiger partial charge in [-0.05, 0) is 48.0 Å². The molecule has 1 aromatic heterocycles. The Labute approximate surface area is 146 Å². The van der Waals surface area contributed by atoms with Crippen molar-refractivity contribution in [3.8, 4) is 6.07 Å². The van der Waals surface area contributed by atoms with Gasteiger partial charge in [-0.25, -0.2) is 0 Å². The monoisotopic (exact) mass is 334 g/mol. The average Bonchev–Trinajstić information content (AvgIpc) is 2.68. The van der Waals surface area contributed by atoms with E-state index < -0.39 is 5.91 Å². The molecule has 1 N–H and O–H groups in total. The highest BCUT2D eigenvalue weighted by Gasteiger charge is 2.12. The van der Waals surface area contributed by atoms with E-state index >= 15 is 0 Å². The van der Waals surface area contributed by atoms with Gasteiger partial charge in [0.05, 0.1) is 13.2 Å². The molecule has 1 aliphatic rings. The number of rotatable bonds is 4. The van der Waals surface area contributed by atoms with Gasteiger partial charge in [-0.15, -0.1) is 0 Å². The number of nitriles is 1. The van der Waals surface area contributed by atoms with E-state index in [0.29, 0.717) is 5.69 Å². The average molecular weight is 334 g/mol. The molecule has 0 bridgehead atoms. The molecule has 3 rings (SSSR count). The second kappa shape index (κ2) is 8.08. The van der Waals surface area contributed by atoms with Gasteiger partial charge in [0.15, 0.2) is 0 Å². The molecule has 0 aliphatic carbocycles. The smallest absolute Gasteiger partial charge is 0.266 e. The Morgan fingerprint density at radius 3 is 2.48 bits per heavy atom. The number of nitrogens with zero attached hydrogens (tertiary/aromatic N) is 3. The molecule has 1 aromatic carbocycles. The lowest BCUT2D eigenvalue weighted by Gasteiger charge is -2.28. The molecule has 6 heteroatoms. The molecule has 2 heterocycles. The predicted octanol–water partition coefficient (Wildman–Crippen LogP) is 2.46. The summed E-state index contributed by atoms with van der Waals surface area (Å²) in [5.74, 6) is -0.432. The van der Waals surface area contributed by atoms with Crippen LogP contribution in [-0.4, -0.2) is 37.2 Å². The molecule has 126 valence electrons. The third-order valence-corrected chi connectivity index (χ3v) is 3.88. The third kappa shape index (κ3) is 4.43. The summed E-state index contributed by atoms with van der Waals surface area (Å²) in [4.78, 5) is 18.4. The first-order valence-electron chi connectivity index (χ1n) is 8.02. The highest BCUT2D eigenvalue weighted by molar-refractivity contribution is 6.09. The quantitative estimate of drug-likeness (QED) is 0.686. The first-order valence-corrected chi connectivity index (χ1v) is 8.02. The Morgan fingerprint density at radius 2 is 1.84 bits per heavy atom. The van der Waals surface area contributed by atoms with Crippen molar-refractivity contribution >= 4 is 23.4 Å². The molecule has 25 heavy (non-hydrogen) atoms. The Morgan fingerprint density at radius 1 is 1.16 bits per heavy atom. The van der Waals surface area contributed by atoms with Crippen molar-refractivity contribution in [3.63, 3.8) is 0 Å². The van der Waals surface area contributed by atoms with E-state index in [2.05, 4.69) is 15.2 Å². The highest BCUT2D eigenvalue weighted by Crippen LogP contribution is 2.19. The zero-order valence-corrected chi connectivity index (χ0v) is 13.7. The minimum atomic E-state index is -0.432.